The molecule has 294 valence electrons. The highest BCUT2D eigenvalue weighted by Crippen LogP contribution is 2.41. The minimum atomic E-state index is 0.948. The van der Waals surface area contributed by atoms with Gasteiger partial charge in [-0.05, 0) is 119 Å². The van der Waals surface area contributed by atoms with Gasteiger partial charge in [-0.25, -0.2) is 4.98 Å². The molecule has 13 rings (SSSR count). The summed E-state index contributed by atoms with van der Waals surface area (Å²) in [6, 6.07) is 81.6. The topological polar surface area (TPSA) is 22.8 Å². The second-order valence-corrected chi connectivity index (χ2v) is 17.4. The molecule has 0 spiro atoms. The number of hydrogen-bond donors (Lipinski definition) is 0. The van der Waals surface area contributed by atoms with Crippen LogP contribution in [0.3, 0.4) is 0 Å². The summed E-state index contributed by atoms with van der Waals surface area (Å²) in [4.78, 5) is 5.14. The number of nitrogens with zero attached hydrogens (tertiary/aromatic N) is 3. The van der Waals surface area contributed by atoms with Crippen molar-refractivity contribution in [1.29, 1.82) is 0 Å². The first-order chi connectivity index (χ1) is 31.2. The molecule has 0 bridgehead atoms. The Morgan fingerprint density at radius 1 is 0.270 bits per heavy atom. The van der Waals surface area contributed by atoms with Crippen molar-refractivity contribution in [3.8, 4) is 56.1 Å². The molecule has 9 aromatic carbocycles. The number of pyridine rings is 1. The summed E-state index contributed by atoms with van der Waals surface area (Å²) in [5, 5.41) is 7.55. The SMILES string of the molecule is c1ccc(-c2cccc(-c3cccc(-n4c5ccc(-c6ccc7sc8ccccc8c7c6)cc5c5cc(-c6ccc7c(c6)c6ccccc6n7-c6ccccc6)ccc54)c3)n2)cc1. The number of thiophene rings is 1. The van der Waals surface area contributed by atoms with Crippen LogP contribution in [-0.4, -0.2) is 14.1 Å². The molecule has 0 aliphatic rings. The molecular weight excluding hydrogens is 783 g/mol. The Morgan fingerprint density at radius 3 is 1.43 bits per heavy atom. The normalized spacial score (nSPS) is 11.8. The fourth-order valence-electron chi connectivity index (χ4n) is 9.74. The van der Waals surface area contributed by atoms with E-state index in [1.165, 1.54) is 75.0 Å². The molecular formula is C59H37N3S. The van der Waals surface area contributed by atoms with E-state index in [-0.39, 0.29) is 0 Å². The Hall–Kier alpha value is -8.05. The molecule has 0 unspecified atom stereocenters. The Kier molecular flexibility index (Phi) is 8.08. The zero-order valence-corrected chi connectivity index (χ0v) is 34.9. The maximum Gasteiger partial charge on any atom is 0.0710 e. The molecule has 0 aliphatic carbocycles. The number of para-hydroxylation sites is 2. The van der Waals surface area contributed by atoms with Gasteiger partial charge >= 0.3 is 0 Å². The third kappa shape index (κ3) is 5.84. The number of rotatable bonds is 6. The fourth-order valence-corrected chi connectivity index (χ4v) is 10.8. The van der Waals surface area contributed by atoms with E-state index in [4.69, 9.17) is 4.98 Å². The molecule has 0 saturated carbocycles. The summed E-state index contributed by atoms with van der Waals surface area (Å²) in [6.45, 7) is 0. The summed E-state index contributed by atoms with van der Waals surface area (Å²) in [7, 11) is 0. The summed E-state index contributed by atoms with van der Waals surface area (Å²) in [5.41, 5.74) is 15.9. The predicted molar refractivity (Wildman–Crippen MR) is 268 cm³/mol. The summed E-state index contributed by atoms with van der Waals surface area (Å²) < 4.78 is 7.44. The quantitative estimate of drug-likeness (QED) is 0.164. The van der Waals surface area contributed by atoms with Crippen molar-refractivity contribution in [3.05, 3.63) is 224 Å². The summed E-state index contributed by atoms with van der Waals surface area (Å²) in [5.74, 6) is 0. The Balaban J connectivity index is 0.999. The van der Waals surface area contributed by atoms with E-state index in [9.17, 15) is 0 Å². The maximum atomic E-state index is 5.14. The standard InChI is InChI=1S/C59H37N3S/c1-3-13-38(14-4-1)52-21-12-22-53(60-52)43-15-11-18-45(33-43)62-56-30-26-40(39-25-29-55-48(34-39)46-19-7-9-23-54(46)61(55)44-16-5-2-6-17-44)35-49(56)50-36-41(27-31-57(50)62)42-28-32-59-51(37-42)47-20-8-10-24-58(47)63-59/h1-37H. The molecule has 4 heterocycles. The van der Waals surface area contributed by atoms with E-state index in [1.54, 1.807) is 0 Å². The molecule has 4 heteroatoms. The van der Waals surface area contributed by atoms with Crippen LogP contribution >= 0.6 is 11.3 Å². The Labute approximate surface area is 368 Å². The van der Waals surface area contributed by atoms with Gasteiger partial charge in [-0.2, -0.15) is 0 Å². The molecule has 0 atom stereocenters. The third-order valence-corrected chi connectivity index (χ3v) is 13.9. The molecule has 63 heavy (non-hydrogen) atoms. The summed E-state index contributed by atoms with van der Waals surface area (Å²) in [6.07, 6.45) is 0. The highest BCUT2D eigenvalue weighted by molar-refractivity contribution is 7.25. The van der Waals surface area contributed by atoms with E-state index in [1.807, 2.05) is 17.4 Å². The maximum absolute atomic E-state index is 5.14. The van der Waals surface area contributed by atoms with Crippen LogP contribution < -0.4 is 0 Å². The van der Waals surface area contributed by atoms with Crippen molar-refractivity contribution in [2.24, 2.45) is 0 Å². The lowest BCUT2D eigenvalue weighted by Crippen LogP contribution is -1.95. The van der Waals surface area contributed by atoms with Gasteiger partial charge in [0.1, 0.15) is 0 Å². The van der Waals surface area contributed by atoms with Crippen molar-refractivity contribution in [2.75, 3.05) is 0 Å². The van der Waals surface area contributed by atoms with Crippen molar-refractivity contribution in [2.45, 2.75) is 0 Å². The van der Waals surface area contributed by atoms with Gasteiger partial charge in [0.2, 0.25) is 0 Å². The molecule has 0 fully saturated rings. The highest BCUT2D eigenvalue weighted by atomic mass is 32.1. The van der Waals surface area contributed by atoms with E-state index in [2.05, 4.69) is 228 Å². The van der Waals surface area contributed by atoms with Crippen LogP contribution in [0.25, 0.3) is 120 Å². The van der Waals surface area contributed by atoms with Crippen LogP contribution in [0, 0.1) is 0 Å². The van der Waals surface area contributed by atoms with Crippen LogP contribution in [0.15, 0.2) is 224 Å². The first kappa shape index (κ1) is 35.7. The molecule has 0 amide bonds. The van der Waals surface area contributed by atoms with Crippen LogP contribution in [-0.2, 0) is 0 Å². The van der Waals surface area contributed by atoms with Gasteiger partial charge in [0, 0.05) is 64.2 Å². The monoisotopic (exact) mass is 819 g/mol. The van der Waals surface area contributed by atoms with Gasteiger partial charge in [0.25, 0.3) is 0 Å². The molecule has 13 aromatic rings. The Morgan fingerprint density at radius 2 is 0.730 bits per heavy atom. The van der Waals surface area contributed by atoms with E-state index in [0.29, 0.717) is 0 Å². The van der Waals surface area contributed by atoms with Crippen molar-refractivity contribution >= 4 is 75.1 Å². The molecule has 0 saturated heterocycles. The smallest absolute Gasteiger partial charge is 0.0710 e. The van der Waals surface area contributed by atoms with Gasteiger partial charge in [0.05, 0.1) is 33.5 Å². The van der Waals surface area contributed by atoms with E-state index >= 15 is 0 Å². The van der Waals surface area contributed by atoms with Gasteiger partial charge in [-0.1, -0.05) is 127 Å². The third-order valence-electron chi connectivity index (χ3n) is 12.7. The predicted octanol–water partition coefficient (Wildman–Crippen LogP) is 16.3. The summed E-state index contributed by atoms with van der Waals surface area (Å²) >= 11 is 1.86. The minimum absolute atomic E-state index is 0.948. The fraction of sp³-hybridized carbons (Fsp3) is 0. The van der Waals surface area contributed by atoms with Crippen molar-refractivity contribution in [3.63, 3.8) is 0 Å². The number of hydrogen-bond acceptors (Lipinski definition) is 2. The number of fused-ring (bicyclic) bond motifs is 9. The molecule has 4 aromatic heterocycles. The van der Waals surface area contributed by atoms with Gasteiger partial charge in [-0.3, -0.25) is 0 Å². The Bertz CT molecular complexity index is 3910. The highest BCUT2D eigenvalue weighted by Gasteiger charge is 2.18. The average Bonchev–Trinajstić information content (AvgIpc) is 4.01. The zero-order valence-electron chi connectivity index (χ0n) is 34.1. The van der Waals surface area contributed by atoms with Gasteiger partial charge in [-0.15, -0.1) is 11.3 Å². The average molecular weight is 820 g/mol. The molecule has 3 nitrogen and oxygen atoms in total. The molecule has 0 radical (unpaired) electrons. The van der Waals surface area contributed by atoms with Crippen LogP contribution in [0.1, 0.15) is 0 Å². The lowest BCUT2D eigenvalue weighted by molar-refractivity contribution is 1.18. The largest absolute Gasteiger partial charge is 0.309 e. The molecule has 0 aliphatic heterocycles. The zero-order chi connectivity index (χ0) is 41.4. The second-order valence-electron chi connectivity index (χ2n) is 16.4. The first-order valence-corrected chi connectivity index (χ1v) is 22.3. The lowest BCUT2D eigenvalue weighted by Gasteiger charge is -2.11. The van der Waals surface area contributed by atoms with Crippen molar-refractivity contribution in [1.82, 2.24) is 14.1 Å². The lowest BCUT2D eigenvalue weighted by atomic mass is 9.98. The first-order valence-electron chi connectivity index (χ1n) is 21.4. The van der Waals surface area contributed by atoms with Crippen LogP contribution in [0.2, 0.25) is 0 Å². The van der Waals surface area contributed by atoms with Gasteiger partial charge in [0.15, 0.2) is 0 Å². The number of aromatic nitrogens is 3. The van der Waals surface area contributed by atoms with Crippen molar-refractivity contribution < 1.29 is 0 Å². The van der Waals surface area contributed by atoms with E-state index in [0.717, 1.165) is 44.9 Å². The van der Waals surface area contributed by atoms with Crippen LogP contribution in [0.5, 0.6) is 0 Å². The minimum Gasteiger partial charge on any atom is -0.309 e. The second kappa shape index (κ2) is 14.3. The molecule has 0 N–H and O–H groups in total. The van der Waals surface area contributed by atoms with Crippen LogP contribution in [0.4, 0.5) is 0 Å². The van der Waals surface area contributed by atoms with Gasteiger partial charge < -0.3 is 9.13 Å². The van der Waals surface area contributed by atoms with E-state index < -0.39 is 0 Å². The number of benzene rings is 9.